The molecule has 2 heterocycles. The average Bonchev–Trinajstić information content (AvgIpc) is 2.73. The molecule has 0 aromatic carbocycles. The predicted molar refractivity (Wildman–Crippen MR) is 74.3 cm³/mol. The van der Waals surface area contributed by atoms with Gasteiger partial charge in [0.2, 0.25) is 5.91 Å². The molecular formula is C15H26N2O. The Bertz CT molecular complexity index is 354. The molecule has 1 amide bonds. The zero-order valence-electron chi connectivity index (χ0n) is 12.1. The molecule has 0 aliphatic carbocycles. The second kappa shape index (κ2) is 5.04. The van der Waals surface area contributed by atoms with Crippen LogP contribution in [0.1, 0.15) is 34.1 Å². The molecule has 0 aromatic rings. The number of rotatable bonds is 1. The van der Waals surface area contributed by atoms with Gasteiger partial charge in [-0.05, 0) is 24.3 Å². The Morgan fingerprint density at radius 1 is 1.39 bits per heavy atom. The lowest BCUT2D eigenvalue weighted by molar-refractivity contribution is -0.135. The summed E-state index contributed by atoms with van der Waals surface area (Å²) < 4.78 is 0. The second-order valence-corrected chi connectivity index (χ2v) is 6.76. The quantitative estimate of drug-likeness (QED) is 0.722. The van der Waals surface area contributed by atoms with Crippen LogP contribution < -0.4 is 5.32 Å². The average molecular weight is 250 g/mol. The zero-order chi connectivity index (χ0) is 13.3. The van der Waals surface area contributed by atoms with Crippen LogP contribution in [0.15, 0.2) is 11.6 Å². The molecule has 0 unspecified atom stereocenters. The molecule has 1 saturated heterocycles. The molecule has 0 aromatic heterocycles. The van der Waals surface area contributed by atoms with Crippen molar-refractivity contribution in [3.8, 4) is 0 Å². The molecule has 2 aliphatic heterocycles. The van der Waals surface area contributed by atoms with Crippen LogP contribution >= 0.6 is 0 Å². The smallest absolute Gasteiger partial charge is 0.227 e. The Labute approximate surface area is 111 Å². The lowest BCUT2D eigenvalue weighted by Crippen LogP contribution is -2.42. The molecule has 2 aliphatic rings. The minimum absolute atomic E-state index is 0.189. The third-order valence-corrected chi connectivity index (χ3v) is 4.32. The van der Waals surface area contributed by atoms with Gasteiger partial charge in [-0.25, -0.2) is 0 Å². The minimum Gasteiger partial charge on any atom is -0.338 e. The van der Waals surface area contributed by atoms with Crippen molar-refractivity contribution in [1.82, 2.24) is 10.2 Å². The maximum Gasteiger partial charge on any atom is 0.227 e. The van der Waals surface area contributed by atoms with Crippen LogP contribution in [0, 0.1) is 17.3 Å². The number of hydrogen-bond acceptors (Lipinski definition) is 2. The topological polar surface area (TPSA) is 32.3 Å². The molecule has 0 saturated carbocycles. The Hall–Kier alpha value is -0.830. The van der Waals surface area contributed by atoms with E-state index in [9.17, 15) is 4.79 Å². The third kappa shape index (κ3) is 2.77. The summed E-state index contributed by atoms with van der Waals surface area (Å²) in [5.74, 6) is 1.01. The van der Waals surface area contributed by atoms with Crippen LogP contribution in [-0.4, -0.2) is 37.0 Å². The van der Waals surface area contributed by atoms with Crippen molar-refractivity contribution in [3.63, 3.8) is 0 Å². The van der Waals surface area contributed by atoms with Crippen molar-refractivity contribution in [2.24, 2.45) is 17.3 Å². The summed E-state index contributed by atoms with van der Waals surface area (Å²) >= 11 is 0. The summed E-state index contributed by atoms with van der Waals surface area (Å²) in [5, 5.41) is 3.31. The predicted octanol–water partition coefficient (Wildman–Crippen LogP) is 2.05. The van der Waals surface area contributed by atoms with Crippen molar-refractivity contribution >= 4 is 5.91 Å². The van der Waals surface area contributed by atoms with Crippen LogP contribution in [0.25, 0.3) is 0 Å². The molecule has 102 valence electrons. The van der Waals surface area contributed by atoms with Crippen molar-refractivity contribution in [2.45, 2.75) is 34.1 Å². The molecule has 1 fully saturated rings. The first-order valence-electron chi connectivity index (χ1n) is 7.08. The van der Waals surface area contributed by atoms with E-state index in [1.54, 1.807) is 0 Å². The van der Waals surface area contributed by atoms with E-state index in [0.717, 1.165) is 32.6 Å². The van der Waals surface area contributed by atoms with Gasteiger partial charge in [0, 0.05) is 19.6 Å². The summed E-state index contributed by atoms with van der Waals surface area (Å²) in [6.45, 7) is 12.4. The molecular weight excluding hydrogens is 224 g/mol. The van der Waals surface area contributed by atoms with E-state index in [-0.39, 0.29) is 11.3 Å². The van der Waals surface area contributed by atoms with Gasteiger partial charge in [0.1, 0.15) is 0 Å². The largest absolute Gasteiger partial charge is 0.338 e. The summed E-state index contributed by atoms with van der Waals surface area (Å²) in [6.07, 6.45) is 3.29. The highest BCUT2D eigenvalue weighted by molar-refractivity contribution is 5.80. The number of nitrogens with zero attached hydrogens (tertiary/aromatic N) is 1. The Kier molecular flexibility index (Phi) is 3.81. The molecule has 0 bridgehead atoms. The van der Waals surface area contributed by atoms with E-state index in [4.69, 9.17) is 0 Å². The number of nitrogens with one attached hydrogen (secondary N) is 1. The van der Waals surface area contributed by atoms with Crippen molar-refractivity contribution in [2.75, 3.05) is 26.2 Å². The number of hydrogen-bond donors (Lipinski definition) is 1. The van der Waals surface area contributed by atoms with Crippen LogP contribution in [0.3, 0.4) is 0 Å². The molecule has 2 rings (SSSR count). The van der Waals surface area contributed by atoms with Gasteiger partial charge < -0.3 is 10.2 Å². The first-order valence-corrected chi connectivity index (χ1v) is 7.08. The van der Waals surface area contributed by atoms with Gasteiger partial charge in [0.05, 0.1) is 5.92 Å². The Morgan fingerprint density at radius 3 is 2.56 bits per heavy atom. The van der Waals surface area contributed by atoms with Gasteiger partial charge in [0.25, 0.3) is 0 Å². The SMILES string of the molecule is C[C@@H]1CNC[C@H]1C(=O)N1CC=C(C(C)(C)C)CC1. The lowest BCUT2D eigenvalue weighted by atomic mass is 9.82. The standard InChI is InChI=1S/C15H26N2O/c1-11-9-16-10-13(11)14(18)17-7-5-12(6-8-17)15(2,3)4/h5,11,13,16H,6-10H2,1-4H3/t11-,13-/m1/s1. The second-order valence-electron chi connectivity index (χ2n) is 6.76. The van der Waals surface area contributed by atoms with E-state index in [1.807, 2.05) is 4.90 Å². The fourth-order valence-electron chi connectivity index (χ4n) is 2.93. The minimum atomic E-state index is 0.189. The van der Waals surface area contributed by atoms with Gasteiger partial charge in [-0.15, -0.1) is 0 Å². The van der Waals surface area contributed by atoms with E-state index in [1.165, 1.54) is 5.57 Å². The van der Waals surface area contributed by atoms with Crippen LogP contribution in [0.2, 0.25) is 0 Å². The van der Waals surface area contributed by atoms with Gasteiger partial charge >= 0.3 is 0 Å². The van der Waals surface area contributed by atoms with Gasteiger partial charge in [-0.2, -0.15) is 0 Å². The summed E-state index contributed by atoms with van der Waals surface area (Å²) in [6, 6.07) is 0. The maximum absolute atomic E-state index is 12.4. The van der Waals surface area contributed by atoms with Crippen LogP contribution in [0.4, 0.5) is 0 Å². The van der Waals surface area contributed by atoms with Gasteiger partial charge in [-0.3, -0.25) is 4.79 Å². The van der Waals surface area contributed by atoms with Gasteiger partial charge in [-0.1, -0.05) is 39.3 Å². The normalized spacial score (nSPS) is 29.3. The Balaban J connectivity index is 1.97. The lowest BCUT2D eigenvalue weighted by Gasteiger charge is -2.34. The number of carbonyl (C=O) groups is 1. The number of amides is 1. The fraction of sp³-hybridized carbons (Fsp3) is 0.800. The number of carbonyl (C=O) groups excluding carboxylic acids is 1. The molecule has 2 atom stereocenters. The highest BCUT2D eigenvalue weighted by atomic mass is 16.2. The first-order chi connectivity index (χ1) is 8.39. The summed E-state index contributed by atoms with van der Waals surface area (Å²) in [7, 11) is 0. The van der Waals surface area contributed by atoms with Crippen LogP contribution in [0.5, 0.6) is 0 Å². The van der Waals surface area contributed by atoms with E-state index < -0.39 is 0 Å². The third-order valence-electron chi connectivity index (χ3n) is 4.32. The molecule has 3 nitrogen and oxygen atoms in total. The fourth-order valence-corrected chi connectivity index (χ4v) is 2.93. The van der Waals surface area contributed by atoms with E-state index in [0.29, 0.717) is 11.8 Å². The maximum atomic E-state index is 12.4. The highest BCUT2D eigenvalue weighted by Crippen LogP contribution is 2.31. The zero-order valence-corrected chi connectivity index (χ0v) is 12.1. The summed E-state index contributed by atoms with van der Waals surface area (Å²) in [5.41, 5.74) is 1.74. The highest BCUT2D eigenvalue weighted by Gasteiger charge is 2.33. The Morgan fingerprint density at radius 2 is 2.11 bits per heavy atom. The van der Waals surface area contributed by atoms with Gasteiger partial charge in [0.15, 0.2) is 0 Å². The van der Waals surface area contributed by atoms with Crippen molar-refractivity contribution in [1.29, 1.82) is 0 Å². The van der Waals surface area contributed by atoms with Crippen molar-refractivity contribution < 1.29 is 4.79 Å². The molecule has 1 N–H and O–H groups in total. The van der Waals surface area contributed by atoms with E-state index >= 15 is 0 Å². The van der Waals surface area contributed by atoms with E-state index in [2.05, 4.69) is 39.1 Å². The molecule has 3 heteroatoms. The van der Waals surface area contributed by atoms with Crippen LogP contribution in [-0.2, 0) is 4.79 Å². The molecule has 18 heavy (non-hydrogen) atoms. The molecule has 0 spiro atoms. The van der Waals surface area contributed by atoms with Crippen molar-refractivity contribution in [3.05, 3.63) is 11.6 Å². The molecule has 0 radical (unpaired) electrons. The first kappa shape index (κ1) is 13.6. The monoisotopic (exact) mass is 250 g/mol. The summed E-state index contributed by atoms with van der Waals surface area (Å²) in [4.78, 5) is 14.5.